The van der Waals surface area contributed by atoms with Crippen molar-refractivity contribution in [2.75, 3.05) is 0 Å². The molecule has 7 heteroatoms. The predicted octanol–water partition coefficient (Wildman–Crippen LogP) is 5.64. The van der Waals surface area contributed by atoms with E-state index in [9.17, 15) is 4.79 Å². The van der Waals surface area contributed by atoms with Gasteiger partial charge in [0.25, 0.3) is 0 Å². The van der Waals surface area contributed by atoms with Crippen molar-refractivity contribution in [3.8, 4) is 11.4 Å². The average Bonchev–Trinajstić information content (AvgIpc) is 3.24. The number of aromatic nitrogens is 4. The lowest BCUT2D eigenvalue weighted by molar-refractivity contribution is 0.104. The fraction of sp³-hybridized carbons (Fsp3) is 0. The number of carbonyl (C=O) groups excluding carboxylic acids is 1. The molecule has 1 aromatic heterocycles. The summed E-state index contributed by atoms with van der Waals surface area (Å²) in [5, 5.41) is 12.3. The highest BCUT2D eigenvalue weighted by atomic mass is 127. The van der Waals surface area contributed by atoms with Gasteiger partial charge in [-0.2, -0.15) is 4.68 Å². The van der Waals surface area contributed by atoms with Gasteiger partial charge in [0.05, 0.1) is 9.28 Å². The van der Waals surface area contributed by atoms with Crippen LogP contribution in [0.15, 0.2) is 93.0 Å². The first kappa shape index (κ1) is 19.7. The van der Waals surface area contributed by atoms with Crippen molar-refractivity contribution in [1.82, 2.24) is 20.2 Å². The molecule has 0 aliphatic carbocycles. The first-order valence-electron chi connectivity index (χ1n) is 8.75. The highest BCUT2D eigenvalue weighted by Crippen LogP contribution is 2.32. The van der Waals surface area contributed by atoms with Crippen molar-refractivity contribution < 1.29 is 4.79 Å². The summed E-state index contributed by atoms with van der Waals surface area (Å²) < 4.78 is 2.89. The van der Waals surface area contributed by atoms with Crippen LogP contribution in [0.4, 0.5) is 0 Å². The Morgan fingerprint density at radius 1 is 0.862 bits per heavy atom. The molecule has 142 valence electrons. The first-order chi connectivity index (χ1) is 14.2. The number of hydrogen-bond acceptors (Lipinski definition) is 4. The molecule has 5 nitrogen and oxygen atoms in total. The van der Waals surface area contributed by atoms with Crippen molar-refractivity contribution in [2.45, 2.75) is 0 Å². The number of halogens is 2. The number of tetrazole rings is 1. The van der Waals surface area contributed by atoms with Crippen LogP contribution < -0.4 is 0 Å². The summed E-state index contributed by atoms with van der Waals surface area (Å²) in [6.45, 7) is 0. The molecule has 0 spiro atoms. The van der Waals surface area contributed by atoms with E-state index < -0.39 is 0 Å². The number of carbonyl (C=O) groups is 1. The van der Waals surface area contributed by atoms with E-state index in [0.29, 0.717) is 20.7 Å². The molecule has 0 N–H and O–H groups in total. The van der Waals surface area contributed by atoms with Crippen LogP contribution in [0, 0.1) is 0 Å². The summed E-state index contributed by atoms with van der Waals surface area (Å²) in [7, 11) is 0. The van der Waals surface area contributed by atoms with Crippen molar-refractivity contribution >= 4 is 50.0 Å². The molecule has 0 bridgehead atoms. The fourth-order valence-electron chi connectivity index (χ4n) is 2.91. The number of hydrogen-bond donors (Lipinski definition) is 0. The zero-order valence-corrected chi connectivity index (χ0v) is 18.8. The van der Waals surface area contributed by atoms with Crippen LogP contribution in [0.1, 0.15) is 15.9 Å². The number of nitrogens with zero attached hydrogens (tertiary/aromatic N) is 4. The quantitative estimate of drug-likeness (QED) is 0.181. The van der Waals surface area contributed by atoms with Gasteiger partial charge in [0, 0.05) is 21.2 Å². The molecule has 0 atom stereocenters. The molecule has 0 fully saturated rings. The highest BCUT2D eigenvalue weighted by Gasteiger charge is 2.23. The van der Waals surface area contributed by atoms with Crippen LogP contribution in [0.5, 0.6) is 0 Å². The summed E-state index contributed by atoms with van der Waals surface area (Å²) in [6, 6.07) is 26.7. The number of benzene rings is 3. The maximum Gasteiger partial charge on any atom is 0.202 e. The topological polar surface area (TPSA) is 60.7 Å². The van der Waals surface area contributed by atoms with Gasteiger partial charge < -0.3 is 0 Å². The molecule has 3 aromatic carbocycles. The van der Waals surface area contributed by atoms with Crippen molar-refractivity contribution in [3.63, 3.8) is 0 Å². The van der Waals surface area contributed by atoms with Crippen LogP contribution in [0.2, 0.25) is 0 Å². The minimum absolute atomic E-state index is 0.105. The monoisotopic (exact) mass is 556 g/mol. The van der Waals surface area contributed by atoms with Crippen LogP contribution in [-0.4, -0.2) is 26.0 Å². The van der Waals surface area contributed by atoms with Crippen molar-refractivity contribution in [2.24, 2.45) is 0 Å². The molecule has 0 saturated carbocycles. The molecule has 0 unspecified atom stereocenters. The van der Waals surface area contributed by atoms with Crippen LogP contribution in [-0.2, 0) is 0 Å². The van der Waals surface area contributed by atoms with E-state index in [0.717, 1.165) is 15.6 Å². The summed E-state index contributed by atoms with van der Waals surface area (Å²) in [5.74, 6) is 0.463. The van der Waals surface area contributed by atoms with E-state index >= 15 is 0 Å². The van der Waals surface area contributed by atoms with Gasteiger partial charge in [0.1, 0.15) is 0 Å². The Bertz CT molecular complexity index is 1190. The van der Waals surface area contributed by atoms with Crippen molar-refractivity contribution in [3.05, 3.63) is 104 Å². The second kappa shape index (κ2) is 8.79. The Hall–Kier alpha value is -2.65. The largest absolute Gasteiger partial charge is 0.288 e. The third-order valence-corrected chi connectivity index (χ3v) is 5.98. The Kier molecular flexibility index (Phi) is 5.96. The van der Waals surface area contributed by atoms with E-state index in [4.69, 9.17) is 0 Å². The molecule has 0 aliphatic rings. The lowest BCUT2D eigenvalue weighted by atomic mass is 10.1. The molecule has 4 rings (SSSR count). The zero-order valence-electron chi connectivity index (χ0n) is 15.0. The second-order valence-corrected chi connectivity index (χ2v) is 8.05. The maximum absolute atomic E-state index is 13.3. The number of allylic oxidation sites excluding steroid dienone is 1. The summed E-state index contributed by atoms with van der Waals surface area (Å²) in [4.78, 5) is 13.3. The number of Topliss-reactive ketones (excluding diaryl/α,β-unsaturated/α-hetero) is 1. The minimum atomic E-state index is -0.105. The van der Waals surface area contributed by atoms with Gasteiger partial charge in [-0.1, -0.05) is 88.7 Å². The Labute approximate surface area is 189 Å². The Balaban J connectivity index is 1.94. The summed E-state index contributed by atoms with van der Waals surface area (Å²) in [6.07, 6.45) is 0. The van der Waals surface area contributed by atoms with Gasteiger partial charge in [-0.05, 0) is 45.2 Å². The Morgan fingerprint density at radius 3 is 2.17 bits per heavy atom. The van der Waals surface area contributed by atoms with Gasteiger partial charge in [0.2, 0.25) is 5.78 Å². The molecular weight excluding hydrogens is 543 g/mol. The van der Waals surface area contributed by atoms with Crippen LogP contribution in [0.25, 0.3) is 17.1 Å². The van der Waals surface area contributed by atoms with Crippen LogP contribution in [0.3, 0.4) is 0 Å². The standard InChI is InChI=1S/C22H14BrIN4O/c23-18-14-8-7-13-17(18)21(29)19(24)20(15-9-3-1-4-10-15)28-22(25-26-27-28)16-11-5-2-6-12-16/h1-14H/b20-19+. The van der Waals surface area contributed by atoms with E-state index in [1.54, 1.807) is 10.7 Å². The third kappa shape index (κ3) is 4.06. The van der Waals surface area contributed by atoms with Gasteiger partial charge in [-0.25, -0.2) is 0 Å². The second-order valence-electron chi connectivity index (χ2n) is 6.12. The van der Waals surface area contributed by atoms with Gasteiger partial charge >= 0.3 is 0 Å². The maximum atomic E-state index is 13.3. The van der Waals surface area contributed by atoms with Gasteiger partial charge in [-0.3, -0.25) is 4.79 Å². The minimum Gasteiger partial charge on any atom is -0.288 e. The SMILES string of the molecule is O=C(/C(I)=C(/c1ccccc1)n1nnnc1-c1ccccc1)c1ccccc1Br. The first-order valence-corrected chi connectivity index (χ1v) is 10.6. The zero-order chi connectivity index (χ0) is 20.2. The van der Waals surface area contributed by atoms with E-state index in [2.05, 4.69) is 54.0 Å². The lowest BCUT2D eigenvalue weighted by Crippen LogP contribution is -2.10. The van der Waals surface area contributed by atoms with Gasteiger partial charge in [-0.15, -0.1) is 5.10 Å². The molecular formula is C22H14BrIN4O. The number of ketones is 1. The van der Waals surface area contributed by atoms with E-state index in [1.807, 2.05) is 78.9 Å². The third-order valence-electron chi connectivity index (χ3n) is 4.29. The summed E-state index contributed by atoms with van der Waals surface area (Å²) >= 11 is 5.56. The molecule has 0 saturated heterocycles. The number of rotatable bonds is 5. The smallest absolute Gasteiger partial charge is 0.202 e. The molecule has 29 heavy (non-hydrogen) atoms. The van der Waals surface area contributed by atoms with Crippen LogP contribution >= 0.6 is 38.5 Å². The van der Waals surface area contributed by atoms with E-state index in [1.165, 1.54) is 0 Å². The molecule has 4 aromatic rings. The highest BCUT2D eigenvalue weighted by molar-refractivity contribution is 14.1. The lowest BCUT2D eigenvalue weighted by Gasteiger charge is -2.13. The average molecular weight is 557 g/mol. The predicted molar refractivity (Wildman–Crippen MR) is 125 cm³/mol. The normalized spacial score (nSPS) is 11.8. The van der Waals surface area contributed by atoms with Gasteiger partial charge in [0.15, 0.2) is 5.82 Å². The molecule has 0 amide bonds. The Morgan fingerprint density at radius 2 is 1.48 bits per heavy atom. The molecule has 0 radical (unpaired) electrons. The molecule has 1 heterocycles. The van der Waals surface area contributed by atoms with Crippen molar-refractivity contribution in [1.29, 1.82) is 0 Å². The fourth-order valence-corrected chi connectivity index (χ4v) is 4.21. The molecule has 0 aliphatic heterocycles. The van der Waals surface area contributed by atoms with E-state index in [-0.39, 0.29) is 5.78 Å². The summed E-state index contributed by atoms with van der Waals surface area (Å²) in [5.41, 5.74) is 2.93.